The summed E-state index contributed by atoms with van der Waals surface area (Å²) in [6.45, 7) is 9.96. The second kappa shape index (κ2) is 8.22. The summed E-state index contributed by atoms with van der Waals surface area (Å²) in [7, 11) is 0. The van der Waals surface area contributed by atoms with Crippen LogP contribution >= 0.6 is 11.8 Å². The Kier molecular flexibility index (Phi) is 6.94. The predicted molar refractivity (Wildman–Crippen MR) is 90.1 cm³/mol. The van der Waals surface area contributed by atoms with Gasteiger partial charge in [0.15, 0.2) is 0 Å². The van der Waals surface area contributed by atoms with E-state index in [9.17, 15) is 9.59 Å². The van der Waals surface area contributed by atoms with Crippen LogP contribution in [0.25, 0.3) is 0 Å². The van der Waals surface area contributed by atoms with E-state index in [0.29, 0.717) is 0 Å². The maximum atomic E-state index is 11.7. The maximum Gasteiger partial charge on any atom is 0.325 e. The first kappa shape index (κ1) is 18.6. The van der Waals surface area contributed by atoms with Gasteiger partial charge in [0.25, 0.3) is 0 Å². The van der Waals surface area contributed by atoms with Gasteiger partial charge in [-0.15, -0.1) is 11.8 Å². The highest BCUT2D eigenvalue weighted by Crippen LogP contribution is 2.25. The number of esters is 1. The van der Waals surface area contributed by atoms with E-state index < -0.39 is 5.97 Å². The Bertz CT molecular complexity index is 504. The first-order chi connectivity index (χ1) is 10.2. The van der Waals surface area contributed by atoms with E-state index in [0.717, 1.165) is 4.90 Å². The quantitative estimate of drug-likeness (QED) is 0.645. The van der Waals surface area contributed by atoms with Gasteiger partial charge >= 0.3 is 5.97 Å². The number of hydrogen-bond donors (Lipinski definition) is 1. The van der Waals surface area contributed by atoms with Crippen molar-refractivity contribution in [3.8, 4) is 0 Å². The van der Waals surface area contributed by atoms with Gasteiger partial charge < -0.3 is 10.1 Å². The van der Waals surface area contributed by atoms with Crippen LogP contribution in [0, 0.1) is 0 Å². The number of amides is 1. The lowest BCUT2D eigenvalue weighted by molar-refractivity contribution is -0.147. The van der Waals surface area contributed by atoms with Crippen molar-refractivity contribution in [2.24, 2.45) is 0 Å². The summed E-state index contributed by atoms with van der Waals surface area (Å²) in [6.07, 6.45) is -0.167. The topological polar surface area (TPSA) is 55.4 Å². The van der Waals surface area contributed by atoms with Gasteiger partial charge in [-0.3, -0.25) is 9.59 Å². The Morgan fingerprint density at radius 3 is 2.27 bits per heavy atom. The molecule has 1 aromatic carbocycles. The molecular weight excluding hydrogens is 298 g/mol. The van der Waals surface area contributed by atoms with Gasteiger partial charge in [-0.1, -0.05) is 32.9 Å². The molecule has 1 amide bonds. The molecule has 0 radical (unpaired) electrons. The van der Waals surface area contributed by atoms with Crippen LogP contribution < -0.4 is 5.32 Å². The number of carbonyl (C=O) groups excluding carboxylic acids is 2. The number of ether oxygens (including phenoxy) is 1. The molecule has 0 unspecified atom stereocenters. The van der Waals surface area contributed by atoms with E-state index in [1.807, 2.05) is 12.1 Å². The number of carbonyl (C=O) groups is 2. The van der Waals surface area contributed by atoms with Crippen LogP contribution in [0.2, 0.25) is 0 Å². The minimum Gasteiger partial charge on any atom is -0.462 e. The van der Waals surface area contributed by atoms with Crippen molar-refractivity contribution in [3.63, 3.8) is 0 Å². The van der Waals surface area contributed by atoms with Crippen molar-refractivity contribution in [2.75, 3.05) is 12.3 Å². The van der Waals surface area contributed by atoms with Crippen molar-refractivity contribution in [1.82, 2.24) is 5.32 Å². The highest BCUT2D eigenvalue weighted by molar-refractivity contribution is 8.00. The van der Waals surface area contributed by atoms with Crippen molar-refractivity contribution in [2.45, 2.75) is 51.0 Å². The molecule has 122 valence electrons. The van der Waals surface area contributed by atoms with Gasteiger partial charge in [0.2, 0.25) is 5.91 Å². The smallest absolute Gasteiger partial charge is 0.325 e. The van der Waals surface area contributed by atoms with Crippen LogP contribution in [0.4, 0.5) is 0 Å². The Hall–Kier alpha value is -1.49. The number of hydrogen-bond acceptors (Lipinski definition) is 4. The average molecular weight is 323 g/mol. The number of rotatable bonds is 6. The van der Waals surface area contributed by atoms with Crippen LogP contribution in [-0.4, -0.2) is 30.3 Å². The van der Waals surface area contributed by atoms with Crippen LogP contribution in [-0.2, 0) is 19.7 Å². The van der Waals surface area contributed by atoms with Crippen molar-refractivity contribution < 1.29 is 14.3 Å². The second-order valence-electron chi connectivity index (χ2n) is 6.38. The molecule has 0 atom stereocenters. The Morgan fingerprint density at radius 1 is 1.18 bits per heavy atom. The molecule has 0 fully saturated rings. The SMILES string of the molecule is CC(C)OC(=O)CNC(=O)CSc1ccc(C(C)(C)C)cc1. The molecule has 0 aliphatic rings. The molecule has 22 heavy (non-hydrogen) atoms. The second-order valence-corrected chi connectivity index (χ2v) is 7.43. The molecule has 1 rings (SSSR count). The molecule has 5 heteroatoms. The third kappa shape index (κ3) is 6.98. The van der Waals surface area contributed by atoms with E-state index in [1.165, 1.54) is 17.3 Å². The Labute approximate surface area is 137 Å². The third-order valence-electron chi connectivity index (χ3n) is 2.89. The van der Waals surface area contributed by atoms with E-state index in [-0.39, 0.29) is 29.7 Å². The molecule has 0 saturated heterocycles. The summed E-state index contributed by atoms with van der Waals surface area (Å²) in [5, 5.41) is 2.56. The fraction of sp³-hybridized carbons (Fsp3) is 0.529. The first-order valence-corrected chi connectivity index (χ1v) is 8.36. The molecule has 0 aliphatic heterocycles. The molecule has 1 aromatic rings. The fourth-order valence-electron chi connectivity index (χ4n) is 1.73. The lowest BCUT2D eigenvalue weighted by Gasteiger charge is -2.19. The largest absolute Gasteiger partial charge is 0.462 e. The van der Waals surface area contributed by atoms with Gasteiger partial charge in [-0.2, -0.15) is 0 Å². The highest BCUT2D eigenvalue weighted by atomic mass is 32.2. The van der Waals surface area contributed by atoms with Gasteiger partial charge in [0.1, 0.15) is 6.54 Å². The van der Waals surface area contributed by atoms with Gasteiger partial charge in [0, 0.05) is 4.90 Å². The zero-order valence-corrected chi connectivity index (χ0v) is 14.8. The van der Waals surface area contributed by atoms with Crippen molar-refractivity contribution in [1.29, 1.82) is 0 Å². The van der Waals surface area contributed by atoms with Crippen LogP contribution in [0.5, 0.6) is 0 Å². The standard InChI is InChI=1S/C17H25NO3S/c1-12(2)21-16(20)10-18-15(19)11-22-14-8-6-13(7-9-14)17(3,4)5/h6-9,12H,10-11H2,1-5H3,(H,18,19). The number of benzene rings is 1. The van der Waals surface area contributed by atoms with E-state index in [2.05, 4.69) is 38.2 Å². The Morgan fingerprint density at radius 2 is 1.77 bits per heavy atom. The minimum absolute atomic E-state index is 0.0828. The molecule has 0 heterocycles. The minimum atomic E-state index is -0.414. The van der Waals surface area contributed by atoms with Crippen molar-refractivity contribution >= 4 is 23.6 Å². The molecular formula is C17H25NO3S. The van der Waals surface area contributed by atoms with Crippen molar-refractivity contribution in [3.05, 3.63) is 29.8 Å². The molecule has 0 bridgehead atoms. The average Bonchev–Trinajstić information content (AvgIpc) is 2.41. The number of nitrogens with one attached hydrogen (secondary N) is 1. The number of thioether (sulfide) groups is 1. The monoisotopic (exact) mass is 323 g/mol. The molecule has 0 aliphatic carbocycles. The van der Waals surface area contributed by atoms with Crippen LogP contribution in [0.3, 0.4) is 0 Å². The summed E-state index contributed by atoms with van der Waals surface area (Å²) in [5.74, 6) is -0.308. The lowest BCUT2D eigenvalue weighted by Crippen LogP contribution is -2.32. The van der Waals surface area contributed by atoms with Gasteiger partial charge in [-0.25, -0.2) is 0 Å². The zero-order chi connectivity index (χ0) is 16.8. The van der Waals surface area contributed by atoms with Gasteiger partial charge in [0.05, 0.1) is 11.9 Å². The molecule has 0 spiro atoms. The molecule has 0 saturated carbocycles. The zero-order valence-electron chi connectivity index (χ0n) is 13.9. The van der Waals surface area contributed by atoms with Crippen LogP contribution in [0.15, 0.2) is 29.2 Å². The summed E-state index contributed by atoms with van der Waals surface area (Å²) < 4.78 is 4.95. The van der Waals surface area contributed by atoms with E-state index in [1.54, 1.807) is 13.8 Å². The molecule has 1 N–H and O–H groups in total. The summed E-state index contributed by atoms with van der Waals surface area (Å²) in [5.41, 5.74) is 1.38. The Balaban J connectivity index is 2.37. The van der Waals surface area contributed by atoms with E-state index in [4.69, 9.17) is 4.74 Å². The summed E-state index contributed by atoms with van der Waals surface area (Å²) in [4.78, 5) is 24.0. The first-order valence-electron chi connectivity index (χ1n) is 7.38. The highest BCUT2D eigenvalue weighted by Gasteiger charge is 2.13. The fourth-order valence-corrected chi connectivity index (χ4v) is 2.45. The van der Waals surface area contributed by atoms with Gasteiger partial charge in [-0.05, 0) is 37.0 Å². The third-order valence-corrected chi connectivity index (χ3v) is 3.90. The summed E-state index contributed by atoms with van der Waals surface area (Å²) >= 11 is 1.45. The maximum absolute atomic E-state index is 11.7. The lowest BCUT2D eigenvalue weighted by atomic mass is 9.87. The summed E-state index contributed by atoms with van der Waals surface area (Å²) in [6, 6.07) is 8.21. The normalized spacial score (nSPS) is 11.4. The van der Waals surface area contributed by atoms with E-state index >= 15 is 0 Å². The predicted octanol–water partition coefficient (Wildman–Crippen LogP) is 3.14. The van der Waals surface area contributed by atoms with Crippen LogP contribution in [0.1, 0.15) is 40.2 Å². The molecule has 4 nitrogen and oxygen atoms in total. The molecule has 0 aromatic heterocycles.